The molecule has 1 N–H and O–H groups in total. The maximum Gasteiger partial charge on any atom is 0.245 e. The monoisotopic (exact) mass is 348 g/mol. The fourth-order valence-corrected chi connectivity index (χ4v) is 3.74. The molecule has 0 aromatic heterocycles. The Labute approximate surface area is 149 Å². The van der Waals surface area contributed by atoms with E-state index in [0.29, 0.717) is 18.8 Å². The van der Waals surface area contributed by atoms with Crippen LogP contribution in [0, 0.1) is 6.92 Å². The SMILES string of the molecule is CCC(=O)N[C@H](CCSC)C(=O)N1CC[C@@H](c2ccccc2C)C1. The van der Waals surface area contributed by atoms with Gasteiger partial charge in [0.1, 0.15) is 6.04 Å². The van der Waals surface area contributed by atoms with E-state index in [9.17, 15) is 9.59 Å². The minimum Gasteiger partial charge on any atom is -0.344 e. The highest BCUT2D eigenvalue weighted by molar-refractivity contribution is 7.98. The van der Waals surface area contributed by atoms with E-state index in [4.69, 9.17) is 0 Å². The van der Waals surface area contributed by atoms with Gasteiger partial charge in [0.15, 0.2) is 0 Å². The number of amides is 2. The van der Waals surface area contributed by atoms with Gasteiger partial charge in [-0.1, -0.05) is 31.2 Å². The highest BCUT2D eigenvalue weighted by Crippen LogP contribution is 2.29. The van der Waals surface area contributed by atoms with Gasteiger partial charge in [-0.3, -0.25) is 9.59 Å². The number of benzene rings is 1. The number of rotatable bonds is 7. The molecule has 0 unspecified atom stereocenters. The molecule has 24 heavy (non-hydrogen) atoms. The van der Waals surface area contributed by atoms with Crippen molar-refractivity contribution in [1.29, 1.82) is 0 Å². The number of nitrogens with one attached hydrogen (secondary N) is 1. The summed E-state index contributed by atoms with van der Waals surface area (Å²) in [4.78, 5) is 26.5. The molecule has 2 amide bonds. The molecule has 1 fully saturated rings. The lowest BCUT2D eigenvalue weighted by Gasteiger charge is -2.24. The van der Waals surface area contributed by atoms with Crippen molar-refractivity contribution in [3.8, 4) is 0 Å². The molecule has 2 rings (SSSR count). The Kier molecular flexibility index (Phi) is 7.16. The summed E-state index contributed by atoms with van der Waals surface area (Å²) in [5.74, 6) is 1.29. The zero-order chi connectivity index (χ0) is 17.5. The molecular weight excluding hydrogens is 320 g/mol. The van der Waals surface area contributed by atoms with Crippen LogP contribution in [0.4, 0.5) is 0 Å². The fourth-order valence-electron chi connectivity index (χ4n) is 3.27. The Morgan fingerprint density at radius 3 is 2.79 bits per heavy atom. The third kappa shape index (κ3) is 4.76. The van der Waals surface area contributed by atoms with Gasteiger partial charge in [0.25, 0.3) is 0 Å². The van der Waals surface area contributed by atoms with Gasteiger partial charge >= 0.3 is 0 Å². The Bertz CT molecular complexity index is 576. The van der Waals surface area contributed by atoms with E-state index in [1.807, 2.05) is 18.1 Å². The second-order valence-electron chi connectivity index (χ2n) is 6.38. The molecule has 4 nitrogen and oxygen atoms in total. The number of aryl methyl sites for hydroxylation is 1. The molecule has 0 spiro atoms. The van der Waals surface area contributed by atoms with Crippen molar-refractivity contribution in [3.63, 3.8) is 0 Å². The summed E-state index contributed by atoms with van der Waals surface area (Å²) < 4.78 is 0. The van der Waals surface area contributed by atoms with Gasteiger partial charge in [-0.15, -0.1) is 0 Å². The largest absolute Gasteiger partial charge is 0.344 e. The molecule has 0 aliphatic carbocycles. The number of likely N-dealkylation sites (tertiary alicyclic amines) is 1. The predicted molar refractivity (Wildman–Crippen MR) is 100 cm³/mol. The fraction of sp³-hybridized carbons (Fsp3) is 0.579. The lowest BCUT2D eigenvalue weighted by molar-refractivity contribution is -0.135. The van der Waals surface area contributed by atoms with Crippen LogP contribution < -0.4 is 5.32 Å². The van der Waals surface area contributed by atoms with Gasteiger partial charge in [0, 0.05) is 25.4 Å². The number of hydrogen-bond acceptors (Lipinski definition) is 3. The van der Waals surface area contributed by atoms with Gasteiger partial charge in [0.2, 0.25) is 11.8 Å². The molecule has 0 saturated carbocycles. The molecule has 0 bridgehead atoms. The van der Waals surface area contributed by atoms with Crippen LogP contribution in [0.5, 0.6) is 0 Å². The first-order valence-electron chi connectivity index (χ1n) is 8.69. The minimum absolute atomic E-state index is 0.0518. The third-order valence-corrected chi connectivity index (χ3v) is 5.34. The van der Waals surface area contributed by atoms with Crippen molar-refractivity contribution in [2.45, 2.75) is 45.1 Å². The number of thioether (sulfide) groups is 1. The van der Waals surface area contributed by atoms with Crippen LogP contribution >= 0.6 is 11.8 Å². The number of nitrogens with zero attached hydrogens (tertiary/aromatic N) is 1. The van der Waals surface area contributed by atoms with E-state index in [0.717, 1.165) is 25.3 Å². The zero-order valence-corrected chi connectivity index (χ0v) is 15.7. The van der Waals surface area contributed by atoms with Crippen LogP contribution in [-0.4, -0.2) is 47.9 Å². The van der Waals surface area contributed by atoms with Crippen LogP contribution in [0.25, 0.3) is 0 Å². The summed E-state index contributed by atoms with van der Waals surface area (Å²) in [7, 11) is 0. The maximum atomic E-state index is 12.9. The molecule has 1 aliphatic heterocycles. The number of hydrogen-bond donors (Lipinski definition) is 1. The highest BCUT2D eigenvalue weighted by atomic mass is 32.2. The summed E-state index contributed by atoms with van der Waals surface area (Å²) in [6.45, 7) is 5.47. The van der Waals surface area contributed by atoms with Crippen LogP contribution in [-0.2, 0) is 9.59 Å². The van der Waals surface area contributed by atoms with Gasteiger partial charge in [-0.05, 0) is 42.9 Å². The van der Waals surface area contributed by atoms with Crippen molar-refractivity contribution in [1.82, 2.24) is 10.2 Å². The molecule has 1 aromatic rings. The molecule has 1 saturated heterocycles. The first-order chi connectivity index (χ1) is 11.6. The van der Waals surface area contributed by atoms with Gasteiger partial charge in [-0.25, -0.2) is 0 Å². The summed E-state index contributed by atoms with van der Waals surface area (Å²) in [6, 6.07) is 8.02. The number of carbonyl (C=O) groups is 2. The number of carbonyl (C=O) groups excluding carboxylic acids is 2. The van der Waals surface area contributed by atoms with E-state index < -0.39 is 0 Å². The summed E-state index contributed by atoms with van der Waals surface area (Å²) in [5, 5.41) is 2.90. The average Bonchev–Trinajstić information content (AvgIpc) is 3.07. The van der Waals surface area contributed by atoms with Gasteiger partial charge in [-0.2, -0.15) is 11.8 Å². The van der Waals surface area contributed by atoms with E-state index in [1.54, 1.807) is 11.8 Å². The smallest absolute Gasteiger partial charge is 0.245 e. The lowest BCUT2D eigenvalue weighted by atomic mass is 9.94. The van der Waals surface area contributed by atoms with Crippen LogP contribution in [0.2, 0.25) is 0 Å². The predicted octanol–water partition coefficient (Wildman–Crippen LogP) is 2.96. The molecule has 1 heterocycles. The highest BCUT2D eigenvalue weighted by Gasteiger charge is 2.32. The van der Waals surface area contributed by atoms with Gasteiger partial charge < -0.3 is 10.2 Å². The van der Waals surface area contributed by atoms with Crippen LogP contribution in [0.3, 0.4) is 0 Å². The van der Waals surface area contributed by atoms with Crippen molar-refractivity contribution in [2.24, 2.45) is 0 Å². The Morgan fingerprint density at radius 1 is 1.38 bits per heavy atom. The molecular formula is C19H28N2O2S. The summed E-state index contributed by atoms with van der Waals surface area (Å²) in [5.41, 5.74) is 2.63. The molecule has 132 valence electrons. The van der Waals surface area contributed by atoms with E-state index >= 15 is 0 Å². The second kappa shape index (κ2) is 9.11. The summed E-state index contributed by atoms with van der Waals surface area (Å²) in [6.07, 6.45) is 4.12. The average molecular weight is 349 g/mol. The summed E-state index contributed by atoms with van der Waals surface area (Å²) >= 11 is 1.70. The topological polar surface area (TPSA) is 49.4 Å². The zero-order valence-electron chi connectivity index (χ0n) is 14.9. The van der Waals surface area contributed by atoms with E-state index in [1.165, 1.54) is 11.1 Å². The van der Waals surface area contributed by atoms with Crippen molar-refractivity contribution in [2.75, 3.05) is 25.1 Å². The van der Waals surface area contributed by atoms with Crippen molar-refractivity contribution < 1.29 is 9.59 Å². The quantitative estimate of drug-likeness (QED) is 0.824. The standard InChI is InChI=1S/C19H28N2O2S/c1-4-18(22)20-17(10-12-24-3)19(23)21-11-9-15(13-21)16-8-6-5-7-14(16)2/h5-8,15,17H,4,9-13H2,1-3H3,(H,20,22)/t15-,17-/m1/s1. The van der Waals surface area contributed by atoms with Crippen LogP contribution in [0.15, 0.2) is 24.3 Å². The van der Waals surface area contributed by atoms with Crippen LogP contribution in [0.1, 0.15) is 43.2 Å². The normalized spacial score (nSPS) is 18.5. The first kappa shape index (κ1) is 18.8. The van der Waals surface area contributed by atoms with Crippen molar-refractivity contribution >= 4 is 23.6 Å². The second-order valence-corrected chi connectivity index (χ2v) is 7.37. The lowest BCUT2D eigenvalue weighted by Crippen LogP contribution is -2.48. The van der Waals surface area contributed by atoms with E-state index in [-0.39, 0.29) is 17.9 Å². The maximum absolute atomic E-state index is 12.9. The Morgan fingerprint density at radius 2 is 2.12 bits per heavy atom. The minimum atomic E-state index is -0.388. The molecule has 2 atom stereocenters. The van der Waals surface area contributed by atoms with E-state index in [2.05, 4.69) is 36.5 Å². The molecule has 1 aromatic carbocycles. The Hall–Kier alpha value is -1.49. The Balaban J connectivity index is 2.02. The molecule has 0 radical (unpaired) electrons. The van der Waals surface area contributed by atoms with Crippen molar-refractivity contribution in [3.05, 3.63) is 35.4 Å². The van der Waals surface area contributed by atoms with Gasteiger partial charge in [0.05, 0.1) is 0 Å². The third-order valence-electron chi connectivity index (χ3n) is 4.69. The molecule has 1 aliphatic rings. The first-order valence-corrected chi connectivity index (χ1v) is 10.1. The molecule has 5 heteroatoms.